The Kier molecular flexibility index (Phi) is 6.45. The maximum Gasteiger partial charge on any atom is 0.207 e. The van der Waals surface area contributed by atoms with Crippen LogP contribution in [0.5, 0.6) is 0 Å². The van der Waals surface area contributed by atoms with Crippen molar-refractivity contribution in [2.45, 2.75) is 38.9 Å². The third-order valence-electron chi connectivity index (χ3n) is 1.85. The van der Waals surface area contributed by atoms with Crippen LogP contribution in [0.2, 0.25) is 0 Å². The summed E-state index contributed by atoms with van der Waals surface area (Å²) in [6.07, 6.45) is 4.97. The van der Waals surface area contributed by atoms with E-state index in [9.17, 15) is 9.90 Å². The lowest BCUT2D eigenvalue weighted by Gasteiger charge is -2.17. The van der Waals surface area contributed by atoms with Gasteiger partial charge in [0.05, 0.1) is 18.1 Å². The monoisotopic (exact) mass is 185 g/mol. The van der Waals surface area contributed by atoms with Gasteiger partial charge in [0.2, 0.25) is 6.29 Å². The van der Waals surface area contributed by atoms with Crippen molar-refractivity contribution in [1.29, 1.82) is 0 Å². The first-order valence-electron chi connectivity index (χ1n) is 4.52. The zero-order chi connectivity index (χ0) is 10.3. The van der Waals surface area contributed by atoms with E-state index < -0.39 is 18.1 Å². The number of allylic oxidation sites excluding steroid dienone is 1. The highest BCUT2D eigenvalue weighted by atomic mass is 16.3. The molecule has 0 aromatic heterocycles. The molecule has 0 bridgehead atoms. The molecule has 0 aliphatic carbocycles. The minimum atomic E-state index is -0.845. The van der Waals surface area contributed by atoms with Crippen molar-refractivity contribution in [3.63, 3.8) is 0 Å². The van der Waals surface area contributed by atoms with Gasteiger partial charge in [0.1, 0.15) is 0 Å². The topological polar surface area (TPSA) is 57.5 Å². The SMILES string of the molecule is CC/C=C\CC(O)C([C]=O)C(C)O. The number of aliphatic hydroxyl groups excluding tert-OH is 2. The molecule has 0 aliphatic heterocycles. The molecular weight excluding hydrogens is 168 g/mol. The molecule has 0 rings (SSSR count). The maximum absolute atomic E-state index is 10.4. The molecule has 0 fully saturated rings. The van der Waals surface area contributed by atoms with Crippen molar-refractivity contribution in [2.75, 3.05) is 0 Å². The minimum absolute atomic E-state index is 0.388. The molecule has 0 spiro atoms. The number of aliphatic hydroxyl groups is 2. The quantitative estimate of drug-likeness (QED) is 0.602. The van der Waals surface area contributed by atoms with Crippen LogP contribution in [-0.2, 0) is 4.79 Å². The second kappa shape index (κ2) is 6.80. The van der Waals surface area contributed by atoms with E-state index in [0.29, 0.717) is 6.42 Å². The fourth-order valence-corrected chi connectivity index (χ4v) is 1.05. The van der Waals surface area contributed by atoms with Crippen molar-refractivity contribution in [3.8, 4) is 0 Å². The first kappa shape index (κ1) is 12.3. The van der Waals surface area contributed by atoms with Gasteiger partial charge in [-0.05, 0) is 19.8 Å². The lowest BCUT2D eigenvalue weighted by Crippen LogP contribution is -2.30. The average molecular weight is 185 g/mol. The first-order valence-corrected chi connectivity index (χ1v) is 4.52. The summed E-state index contributed by atoms with van der Waals surface area (Å²) in [5, 5.41) is 18.5. The predicted octanol–water partition coefficient (Wildman–Crippen LogP) is 0.810. The summed E-state index contributed by atoms with van der Waals surface area (Å²) in [7, 11) is 0. The Balaban J connectivity index is 3.98. The third-order valence-corrected chi connectivity index (χ3v) is 1.85. The van der Waals surface area contributed by atoms with E-state index in [1.165, 1.54) is 6.92 Å². The van der Waals surface area contributed by atoms with Crippen LogP contribution in [0.15, 0.2) is 12.2 Å². The molecule has 0 aromatic carbocycles. The predicted molar refractivity (Wildman–Crippen MR) is 50.9 cm³/mol. The Hall–Kier alpha value is -0.670. The molecular formula is C10H17O3. The molecule has 2 N–H and O–H groups in total. The van der Waals surface area contributed by atoms with Crippen LogP contribution in [0, 0.1) is 5.92 Å². The van der Waals surface area contributed by atoms with Gasteiger partial charge in [-0.25, -0.2) is 0 Å². The second-order valence-corrected chi connectivity index (χ2v) is 3.07. The highest BCUT2D eigenvalue weighted by Crippen LogP contribution is 2.10. The molecule has 3 heteroatoms. The van der Waals surface area contributed by atoms with Crippen LogP contribution in [0.4, 0.5) is 0 Å². The van der Waals surface area contributed by atoms with Crippen molar-refractivity contribution in [1.82, 2.24) is 0 Å². The number of carbonyl (C=O) groups excluding carboxylic acids is 1. The number of hydrogen-bond acceptors (Lipinski definition) is 3. The Morgan fingerprint density at radius 1 is 1.38 bits per heavy atom. The van der Waals surface area contributed by atoms with E-state index in [1.54, 1.807) is 12.4 Å². The zero-order valence-corrected chi connectivity index (χ0v) is 8.10. The molecule has 3 atom stereocenters. The van der Waals surface area contributed by atoms with E-state index in [0.717, 1.165) is 6.42 Å². The average Bonchev–Trinajstić information content (AvgIpc) is 2.05. The van der Waals surface area contributed by atoms with Gasteiger partial charge in [-0.2, -0.15) is 0 Å². The highest BCUT2D eigenvalue weighted by Gasteiger charge is 2.23. The Morgan fingerprint density at radius 2 is 2.00 bits per heavy atom. The largest absolute Gasteiger partial charge is 0.393 e. The van der Waals surface area contributed by atoms with Gasteiger partial charge < -0.3 is 10.2 Å². The van der Waals surface area contributed by atoms with Gasteiger partial charge in [-0.15, -0.1) is 0 Å². The zero-order valence-electron chi connectivity index (χ0n) is 8.10. The Labute approximate surface area is 79.1 Å². The van der Waals surface area contributed by atoms with Gasteiger partial charge in [0, 0.05) is 0 Å². The van der Waals surface area contributed by atoms with Crippen molar-refractivity contribution < 1.29 is 15.0 Å². The molecule has 75 valence electrons. The van der Waals surface area contributed by atoms with Crippen molar-refractivity contribution in [3.05, 3.63) is 12.2 Å². The molecule has 13 heavy (non-hydrogen) atoms. The standard InChI is InChI=1S/C10H17O3/c1-3-4-5-6-10(13)9(7-11)8(2)12/h4-5,8-10,12-13H,3,6H2,1-2H3/b5-4-. The van der Waals surface area contributed by atoms with Crippen LogP contribution < -0.4 is 0 Å². The van der Waals surface area contributed by atoms with Crippen LogP contribution in [0.25, 0.3) is 0 Å². The van der Waals surface area contributed by atoms with Crippen molar-refractivity contribution in [2.24, 2.45) is 5.92 Å². The third kappa shape index (κ3) is 4.80. The smallest absolute Gasteiger partial charge is 0.207 e. The van der Waals surface area contributed by atoms with Gasteiger partial charge in [0.15, 0.2) is 0 Å². The van der Waals surface area contributed by atoms with E-state index in [1.807, 2.05) is 13.0 Å². The number of rotatable bonds is 6. The molecule has 0 saturated heterocycles. The first-order chi connectivity index (χ1) is 6.13. The molecule has 3 unspecified atom stereocenters. The molecule has 0 aliphatic rings. The maximum atomic E-state index is 10.4. The molecule has 0 amide bonds. The van der Waals surface area contributed by atoms with E-state index in [2.05, 4.69) is 0 Å². The van der Waals surface area contributed by atoms with Crippen LogP contribution in [-0.4, -0.2) is 28.7 Å². The fourth-order valence-electron chi connectivity index (χ4n) is 1.05. The second-order valence-electron chi connectivity index (χ2n) is 3.07. The van der Waals surface area contributed by atoms with Crippen LogP contribution in [0.1, 0.15) is 26.7 Å². The highest BCUT2D eigenvalue weighted by molar-refractivity contribution is 5.56. The van der Waals surface area contributed by atoms with Gasteiger partial charge in [0.25, 0.3) is 0 Å². The Bertz CT molecular complexity index is 164. The normalized spacial score (nSPS) is 18.5. The number of hydrogen-bond donors (Lipinski definition) is 2. The summed E-state index contributed by atoms with van der Waals surface area (Å²) in [6.45, 7) is 3.46. The molecule has 1 radical (unpaired) electrons. The summed E-state index contributed by atoms with van der Waals surface area (Å²) in [4.78, 5) is 10.4. The summed E-state index contributed by atoms with van der Waals surface area (Å²) in [6, 6.07) is 0. The van der Waals surface area contributed by atoms with Crippen LogP contribution >= 0.6 is 0 Å². The fraction of sp³-hybridized carbons (Fsp3) is 0.700. The van der Waals surface area contributed by atoms with Gasteiger partial charge in [-0.3, -0.25) is 4.79 Å². The van der Waals surface area contributed by atoms with Gasteiger partial charge in [-0.1, -0.05) is 19.1 Å². The van der Waals surface area contributed by atoms with Gasteiger partial charge >= 0.3 is 0 Å². The minimum Gasteiger partial charge on any atom is -0.393 e. The summed E-state index contributed by atoms with van der Waals surface area (Å²) in [5.74, 6) is -0.804. The van der Waals surface area contributed by atoms with E-state index in [-0.39, 0.29) is 0 Å². The molecule has 3 nitrogen and oxygen atoms in total. The lowest BCUT2D eigenvalue weighted by molar-refractivity contribution is 0.0569. The van der Waals surface area contributed by atoms with E-state index in [4.69, 9.17) is 5.11 Å². The van der Waals surface area contributed by atoms with Crippen LogP contribution in [0.3, 0.4) is 0 Å². The lowest BCUT2D eigenvalue weighted by atomic mass is 9.96. The molecule has 0 aromatic rings. The summed E-state index contributed by atoms with van der Waals surface area (Å²) in [5.41, 5.74) is 0. The summed E-state index contributed by atoms with van der Waals surface area (Å²) >= 11 is 0. The Morgan fingerprint density at radius 3 is 2.38 bits per heavy atom. The van der Waals surface area contributed by atoms with Crippen molar-refractivity contribution >= 4 is 6.29 Å². The molecule has 0 saturated carbocycles. The molecule has 0 heterocycles. The summed E-state index contributed by atoms with van der Waals surface area (Å²) < 4.78 is 0. The van der Waals surface area contributed by atoms with E-state index >= 15 is 0 Å².